The van der Waals surface area contributed by atoms with Gasteiger partial charge in [0.2, 0.25) is 0 Å². The summed E-state index contributed by atoms with van der Waals surface area (Å²) in [5, 5.41) is 21.9. The first kappa shape index (κ1) is 30.6. The molecule has 1 fully saturated rings. The molecule has 1 aliphatic carbocycles. The van der Waals surface area contributed by atoms with E-state index in [2.05, 4.69) is 5.32 Å². The van der Waals surface area contributed by atoms with Gasteiger partial charge >= 0.3 is 18.0 Å². The maximum absolute atomic E-state index is 13.8. The predicted octanol–water partition coefficient (Wildman–Crippen LogP) is 8.30. The highest BCUT2D eigenvalue weighted by Crippen LogP contribution is 2.42. The van der Waals surface area contributed by atoms with E-state index in [1.165, 1.54) is 6.42 Å². The summed E-state index contributed by atoms with van der Waals surface area (Å²) in [6.45, 7) is 1.60. The number of hydrogen-bond donors (Lipinski definition) is 3. The Kier molecular flexibility index (Phi) is 9.81. The Labute approximate surface area is 259 Å². The molecule has 1 aromatic heterocycles. The van der Waals surface area contributed by atoms with Crippen molar-refractivity contribution in [2.75, 3.05) is 23.4 Å². The number of carboxylic acids is 2. The van der Waals surface area contributed by atoms with Crippen molar-refractivity contribution in [3.63, 3.8) is 0 Å². The second-order valence-corrected chi connectivity index (χ2v) is 11.8. The second-order valence-electron chi connectivity index (χ2n) is 10.7. The number of para-hydroxylation sites is 1. The summed E-state index contributed by atoms with van der Waals surface area (Å²) in [6.07, 6.45) is 5.56. The fraction of sp³-hybridized carbons (Fsp3) is 0.265. The first-order valence-corrected chi connectivity index (χ1v) is 15.3. The number of nitrogens with one attached hydrogen (secondary N) is 1. The highest BCUT2D eigenvalue weighted by Gasteiger charge is 2.26. The highest BCUT2D eigenvalue weighted by molar-refractivity contribution is 7.18. The molecule has 0 spiro atoms. The molecule has 0 radical (unpaired) electrons. The van der Waals surface area contributed by atoms with E-state index in [1.54, 1.807) is 36.1 Å². The highest BCUT2D eigenvalue weighted by atomic mass is 32.1. The van der Waals surface area contributed by atoms with E-state index >= 15 is 0 Å². The molecule has 1 heterocycles. The van der Waals surface area contributed by atoms with Crippen molar-refractivity contribution in [2.24, 2.45) is 5.92 Å². The van der Waals surface area contributed by atoms with Gasteiger partial charge < -0.3 is 25.0 Å². The van der Waals surface area contributed by atoms with E-state index in [9.17, 15) is 19.5 Å². The van der Waals surface area contributed by atoms with Crippen LogP contribution in [0.4, 0.5) is 16.2 Å². The maximum Gasteiger partial charge on any atom is 0.349 e. The monoisotopic (exact) mass is 614 g/mol. The number of amides is 2. The molecule has 0 bridgehead atoms. The molecular weight excluding hydrogens is 580 g/mol. The summed E-state index contributed by atoms with van der Waals surface area (Å²) >= 11 is 1.02. The van der Waals surface area contributed by atoms with Gasteiger partial charge in [0.1, 0.15) is 17.2 Å². The number of carboxylic acid groups (broad SMARTS) is 2. The largest absolute Gasteiger partial charge is 0.480 e. The Morgan fingerprint density at radius 1 is 0.909 bits per heavy atom. The second kappa shape index (κ2) is 14.1. The molecule has 4 aromatic rings. The van der Waals surface area contributed by atoms with Crippen molar-refractivity contribution in [3.05, 3.63) is 89.3 Å². The maximum atomic E-state index is 13.8. The van der Waals surface area contributed by atoms with E-state index < -0.39 is 18.5 Å². The van der Waals surface area contributed by atoms with Gasteiger partial charge in [-0.3, -0.25) is 4.90 Å². The van der Waals surface area contributed by atoms with Crippen molar-refractivity contribution in [3.8, 4) is 27.7 Å². The van der Waals surface area contributed by atoms with Crippen molar-refractivity contribution < 1.29 is 34.1 Å². The number of urea groups is 1. The third-order valence-electron chi connectivity index (χ3n) is 7.54. The zero-order valence-corrected chi connectivity index (χ0v) is 25.1. The lowest BCUT2D eigenvalue weighted by Gasteiger charge is -2.30. The van der Waals surface area contributed by atoms with Crippen LogP contribution in [0.1, 0.15) is 47.3 Å². The number of benzene rings is 3. The number of thiophene rings is 1. The number of ether oxygens (including phenoxy) is 2. The molecular formula is C34H34N2O7S. The number of aromatic carboxylic acids is 1. The number of carbonyl (C=O) groups is 3. The number of carbonyl (C=O) groups excluding carboxylic acids is 1. The zero-order chi connectivity index (χ0) is 31.1. The Morgan fingerprint density at radius 2 is 1.61 bits per heavy atom. The first-order chi connectivity index (χ1) is 21.3. The van der Waals surface area contributed by atoms with Crippen LogP contribution in [0.3, 0.4) is 0 Å². The van der Waals surface area contributed by atoms with Gasteiger partial charge in [-0.25, -0.2) is 14.4 Å². The summed E-state index contributed by atoms with van der Waals surface area (Å²) in [6, 6.07) is 23.8. The number of aliphatic carboxylic acids is 1. The quantitative estimate of drug-likeness (QED) is 0.155. The fourth-order valence-corrected chi connectivity index (χ4v) is 6.48. The van der Waals surface area contributed by atoms with Gasteiger partial charge in [-0.05, 0) is 79.8 Å². The molecule has 5 rings (SSSR count). The van der Waals surface area contributed by atoms with Crippen molar-refractivity contribution >= 4 is 40.7 Å². The summed E-state index contributed by atoms with van der Waals surface area (Å²) in [5.41, 5.74) is 2.54. The van der Waals surface area contributed by atoms with Crippen molar-refractivity contribution in [1.29, 1.82) is 0 Å². The van der Waals surface area contributed by atoms with Crippen LogP contribution in [0.25, 0.3) is 10.4 Å². The smallest absolute Gasteiger partial charge is 0.349 e. The summed E-state index contributed by atoms with van der Waals surface area (Å²) in [4.78, 5) is 39.2. The Hall–Kier alpha value is -4.83. The minimum absolute atomic E-state index is 0.0433. The number of anilines is 2. The molecule has 44 heavy (non-hydrogen) atoms. The van der Waals surface area contributed by atoms with Crippen LogP contribution in [0, 0.1) is 12.8 Å². The van der Waals surface area contributed by atoms with Gasteiger partial charge in [0.15, 0.2) is 11.5 Å². The van der Waals surface area contributed by atoms with Crippen LogP contribution in [0.2, 0.25) is 0 Å². The van der Waals surface area contributed by atoms with E-state index in [4.69, 9.17) is 14.6 Å². The normalized spacial score (nSPS) is 13.2. The molecule has 0 aliphatic heterocycles. The molecule has 0 saturated heterocycles. The lowest BCUT2D eigenvalue weighted by Crippen LogP contribution is -2.39. The van der Waals surface area contributed by atoms with Gasteiger partial charge in [0.05, 0.1) is 0 Å². The predicted molar refractivity (Wildman–Crippen MR) is 170 cm³/mol. The van der Waals surface area contributed by atoms with Crippen molar-refractivity contribution in [1.82, 2.24) is 0 Å². The van der Waals surface area contributed by atoms with Crippen molar-refractivity contribution in [2.45, 2.75) is 39.0 Å². The van der Waals surface area contributed by atoms with Crippen LogP contribution in [-0.2, 0) is 4.79 Å². The molecule has 9 nitrogen and oxygen atoms in total. The molecule has 3 aromatic carbocycles. The summed E-state index contributed by atoms with van der Waals surface area (Å²) in [7, 11) is 0. The van der Waals surface area contributed by atoms with Gasteiger partial charge in [0.25, 0.3) is 0 Å². The first-order valence-electron chi connectivity index (χ1n) is 14.5. The molecule has 10 heteroatoms. The van der Waals surface area contributed by atoms with Gasteiger partial charge in [-0.1, -0.05) is 49.6 Å². The minimum Gasteiger partial charge on any atom is -0.480 e. The Bertz CT molecular complexity index is 1610. The molecule has 0 unspecified atom stereocenters. The van der Waals surface area contributed by atoms with Crippen LogP contribution >= 0.6 is 11.3 Å². The van der Waals surface area contributed by atoms with Crippen LogP contribution < -0.4 is 19.7 Å². The fourth-order valence-electron chi connectivity index (χ4n) is 5.39. The molecule has 2 amide bonds. The Balaban J connectivity index is 1.40. The SMILES string of the molecule is Cc1c(-c2cccc(N(CC3CCCCC3)C(=O)Nc3ccc(Oc4ccccc4)cc3)c2)sc(C(=O)O)c1OCC(=O)O. The Morgan fingerprint density at radius 3 is 2.30 bits per heavy atom. The van der Waals surface area contributed by atoms with E-state index in [-0.39, 0.29) is 16.7 Å². The number of hydrogen-bond acceptors (Lipinski definition) is 6. The van der Waals surface area contributed by atoms with Crippen LogP contribution in [0.5, 0.6) is 17.2 Å². The van der Waals surface area contributed by atoms with Gasteiger partial charge in [-0.2, -0.15) is 0 Å². The molecule has 1 saturated carbocycles. The number of rotatable bonds is 11. The minimum atomic E-state index is -1.20. The van der Waals surface area contributed by atoms with E-state index in [1.807, 2.05) is 54.6 Å². The standard InChI is InChI=1S/C34H34N2O7S/c1-22-30(42-21-29(37)38)32(33(39)40)44-31(22)24-11-8-12-26(19-24)36(20-23-9-4-2-5-10-23)34(41)35-25-15-17-28(18-16-25)43-27-13-6-3-7-14-27/h3,6-8,11-19,23H,2,4-5,9-10,20-21H2,1H3,(H,35,41)(H,37,38)(H,39,40). The number of nitrogens with zero attached hydrogens (tertiary/aromatic N) is 1. The molecule has 3 N–H and O–H groups in total. The molecule has 1 aliphatic rings. The van der Waals surface area contributed by atoms with Gasteiger partial charge in [0, 0.05) is 28.4 Å². The lowest BCUT2D eigenvalue weighted by molar-refractivity contribution is -0.139. The lowest BCUT2D eigenvalue weighted by atomic mass is 9.89. The van der Waals surface area contributed by atoms with Crippen LogP contribution in [0.15, 0.2) is 78.9 Å². The summed E-state index contributed by atoms with van der Waals surface area (Å²) < 4.78 is 11.2. The van der Waals surface area contributed by atoms with Crippen LogP contribution in [-0.4, -0.2) is 41.3 Å². The van der Waals surface area contributed by atoms with Gasteiger partial charge in [-0.15, -0.1) is 11.3 Å². The summed E-state index contributed by atoms with van der Waals surface area (Å²) in [5.74, 6) is -0.614. The van der Waals surface area contributed by atoms with E-state index in [0.717, 1.165) is 42.8 Å². The topological polar surface area (TPSA) is 125 Å². The average molecular weight is 615 g/mol. The molecule has 228 valence electrons. The zero-order valence-electron chi connectivity index (χ0n) is 24.3. The third-order valence-corrected chi connectivity index (χ3v) is 8.85. The average Bonchev–Trinajstić information content (AvgIpc) is 3.37. The van der Waals surface area contributed by atoms with E-state index in [0.29, 0.717) is 45.6 Å². The third kappa shape index (κ3) is 7.57. The molecule has 0 atom stereocenters.